The average Bonchev–Trinajstić information content (AvgIpc) is 3.17. The van der Waals surface area contributed by atoms with Gasteiger partial charge in [-0.05, 0) is 22.3 Å². The van der Waals surface area contributed by atoms with E-state index in [1.54, 1.807) is 7.05 Å². The van der Waals surface area contributed by atoms with E-state index < -0.39 is 17.4 Å². The van der Waals surface area contributed by atoms with Crippen LogP contribution < -0.4 is 11.2 Å². The molecule has 6 nitrogen and oxygen atoms in total. The summed E-state index contributed by atoms with van der Waals surface area (Å²) in [6, 6.07) is 25.5. The predicted octanol–water partition coefficient (Wildman–Crippen LogP) is 4.03. The molecule has 0 fully saturated rings. The number of hydrogen-bond acceptors (Lipinski definition) is 4. The zero-order valence-corrected chi connectivity index (χ0v) is 18.7. The standard InChI is InChI=1S/C28H21N3O3/c1-30-26-23(27(33)31(2)28(30)34)21(18-14-12-17(13-15-18)16-8-4-3-5-9-16)22-24(29-26)19-10-6-7-11-20(19)25(22)32/h3-15,25,32H,1-2H3/t25-/m0/s1. The summed E-state index contributed by atoms with van der Waals surface area (Å²) in [6.45, 7) is 0. The van der Waals surface area contributed by atoms with Gasteiger partial charge in [0.15, 0.2) is 5.65 Å². The molecule has 0 aliphatic heterocycles. The molecule has 1 aliphatic rings. The summed E-state index contributed by atoms with van der Waals surface area (Å²) in [4.78, 5) is 30.8. The van der Waals surface area contributed by atoms with E-state index in [0.29, 0.717) is 27.9 Å². The average molecular weight is 447 g/mol. The number of aromatic nitrogens is 3. The number of aryl methyl sites for hydroxylation is 1. The van der Waals surface area contributed by atoms with Crippen molar-refractivity contribution >= 4 is 11.0 Å². The lowest BCUT2D eigenvalue weighted by atomic mass is 9.93. The first-order valence-corrected chi connectivity index (χ1v) is 11.0. The lowest BCUT2D eigenvalue weighted by Gasteiger charge is -2.17. The first kappa shape index (κ1) is 20.3. The number of aliphatic hydroxyl groups is 1. The van der Waals surface area contributed by atoms with Crippen molar-refractivity contribution in [3.8, 4) is 33.5 Å². The fraction of sp³-hybridized carbons (Fsp3) is 0.107. The van der Waals surface area contributed by atoms with Crippen LogP contribution in [0.25, 0.3) is 44.5 Å². The van der Waals surface area contributed by atoms with E-state index in [9.17, 15) is 14.7 Å². The van der Waals surface area contributed by atoms with Crippen LogP contribution in [0.3, 0.4) is 0 Å². The summed E-state index contributed by atoms with van der Waals surface area (Å²) < 4.78 is 2.49. The highest BCUT2D eigenvalue weighted by Crippen LogP contribution is 2.48. The van der Waals surface area contributed by atoms with Crippen molar-refractivity contribution in [2.75, 3.05) is 0 Å². The molecule has 1 N–H and O–H groups in total. The van der Waals surface area contributed by atoms with Crippen molar-refractivity contribution in [2.45, 2.75) is 6.10 Å². The molecule has 2 heterocycles. The molecular formula is C28H21N3O3. The molecule has 2 aromatic heterocycles. The summed E-state index contributed by atoms with van der Waals surface area (Å²) >= 11 is 0. The molecule has 0 saturated carbocycles. The molecule has 3 aromatic carbocycles. The van der Waals surface area contributed by atoms with Crippen molar-refractivity contribution in [3.05, 3.63) is 111 Å². The molecule has 166 valence electrons. The van der Waals surface area contributed by atoms with Crippen molar-refractivity contribution in [3.63, 3.8) is 0 Å². The van der Waals surface area contributed by atoms with E-state index in [0.717, 1.165) is 32.4 Å². The molecule has 0 bridgehead atoms. The molecule has 1 atom stereocenters. The van der Waals surface area contributed by atoms with Crippen molar-refractivity contribution < 1.29 is 5.11 Å². The van der Waals surface area contributed by atoms with E-state index in [-0.39, 0.29) is 0 Å². The van der Waals surface area contributed by atoms with E-state index in [4.69, 9.17) is 4.98 Å². The smallest absolute Gasteiger partial charge is 0.332 e. The number of nitrogens with zero attached hydrogens (tertiary/aromatic N) is 3. The van der Waals surface area contributed by atoms with E-state index >= 15 is 0 Å². The Morgan fingerprint density at radius 1 is 0.765 bits per heavy atom. The maximum Gasteiger partial charge on any atom is 0.332 e. The lowest BCUT2D eigenvalue weighted by molar-refractivity contribution is 0.225. The lowest BCUT2D eigenvalue weighted by Crippen LogP contribution is -2.37. The fourth-order valence-electron chi connectivity index (χ4n) is 4.94. The Bertz CT molecular complexity index is 1720. The van der Waals surface area contributed by atoms with E-state index in [1.807, 2.05) is 78.9 Å². The largest absolute Gasteiger partial charge is 0.384 e. The zero-order chi connectivity index (χ0) is 23.6. The summed E-state index contributed by atoms with van der Waals surface area (Å²) in [5.74, 6) is 0. The first-order chi connectivity index (χ1) is 16.5. The highest BCUT2D eigenvalue weighted by Gasteiger charge is 2.34. The van der Waals surface area contributed by atoms with Crippen LogP contribution in [-0.2, 0) is 14.1 Å². The second-order valence-electron chi connectivity index (χ2n) is 8.59. The predicted molar refractivity (Wildman–Crippen MR) is 133 cm³/mol. The Balaban J connectivity index is 1.72. The molecule has 0 saturated heterocycles. The highest BCUT2D eigenvalue weighted by atomic mass is 16.3. The quantitative estimate of drug-likeness (QED) is 0.443. The van der Waals surface area contributed by atoms with Crippen LogP contribution in [0.5, 0.6) is 0 Å². The fourth-order valence-corrected chi connectivity index (χ4v) is 4.94. The molecule has 0 spiro atoms. The van der Waals surface area contributed by atoms with Crippen molar-refractivity contribution in [1.29, 1.82) is 0 Å². The minimum atomic E-state index is -0.922. The molecule has 0 unspecified atom stereocenters. The van der Waals surface area contributed by atoms with Gasteiger partial charge in [0, 0.05) is 30.8 Å². The zero-order valence-electron chi connectivity index (χ0n) is 18.7. The normalized spacial score (nSPS) is 14.3. The Labute approximate surface area is 195 Å². The number of fused-ring (bicyclic) bond motifs is 4. The summed E-state index contributed by atoms with van der Waals surface area (Å²) in [5, 5.41) is 11.7. The van der Waals surface area contributed by atoms with Crippen LogP contribution in [0, 0.1) is 0 Å². The Hall–Kier alpha value is -4.29. The van der Waals surface area contributed by atoms with Crippen molar-refractivity contribution in [1.82, 2.24) is 14.1 Å². The second-order valence-corrected chi connectivity index (χ2v) is 8.59. The van der Waals surface area contributed by atoms with Gasteiger partial charge in [-0.2, -0.15) is 0 Å². The number of pyridine rings is 1. The molecule has 5 aromatic rings. The summed E-state index contributed by atoms with van der Waals surface area (Å²) in [5.41, 5.74) is 5.70. The molecule has 34 heavy (non-hydrogen) atoms. The Kier molecular flexibility index (Phi) is 4.40. The van der Waals surface area contributed by atoms with E-state index in [2.05, 4.69) is 0 Å². The van der Waals surface area contributed by atoms with Gasteiger partial charge in [-0.15, -0.1) is 0 Å². The second kappa shape index (κ2) is 7.37. The summed E-state index contributed by atoms with van der Waals surface area (Å²) in [7, 11) is 3.08. The van der Waals surface area contributed by atoms with Gasteiger partial charge in [-0.3, -0.25) is 13.9 Å². The molecule has 0 amide bonds. The number of rotatable bonds is 2. The van der Waals surface area contributed by atoms with Crippen LogP contribution >= 0.6 is 0 Å². The van der Waals surface area contributed by atoms with Crippen molar-refractivity contribution in [2.24, 2.45) is 14.1 Å². The highest BCUT2D eigenvalue weighted by molar-refractivity contribution is 6.00. The van der Waals surface area contributed by atoms with Crippen LogP contribution in [0.4, 0.5) is 0 Å². The van der Waals surface area contributed by atoms with Crippen LogP contribution in [0.15, 0.2) is 88.5 Å². The molecule has 0 radical (unpaired) electrons. The Morgan fingerprint density at radius 3 is 2.12 bits per heavy atom. The van der Waals surface area contributed by atoms with Gasteiger partial charge in [0.05, 0.1) is 11.1 Å². The number of hydrogen-bond donors (Lipinski definition) is 1. The van der Waals surface area contributed by atoms with Gasteiger partial charge in [0.2, 0.25) is 0 Å². The van der Waals surface area contributed by atoms with Gasteiger partial charge in [-0.1, -0.05) is 78.9 Å². The third kappa shape index (κ3) is 2.75. The van der Waals surface area contributed by atoms with Gasteiger partial charge in [0.25, 0.3) is 5.56 Å². The molecule has 1 aliphatic carbocycles. The van der Waals surface area contributed by atoms with Crippen LogP contribution in [0.1, 0.15) is 17.2 Å². The van der Waals surface area contributed by atoms with Gasteiger partial charge >= 0.3 is 5.69 Å². The maximum absolute atomic E-state index is 13.4. The SMILES string of the molecule is Cn1c(=O)c2c(-c3ccc(-c4ccccc4)cc3)c3c(nc2n(C)c1=O)-c1ccccc1[C@@H]3O. The maximum atomic E-state index is 13.4. The monoisotopic (exact) mass is 447 g/mol. The van der Waals surface area contributed by atoms with Gasteiger partial charge in [0.1, 0.15) is 6.10 Å². The van der Waals surface area contributed by atoms with Gasteiger partial charge in [-0.25, -0.2) is 9.78 Å². The number of aliphatic hydroxyl groups excluding tert-OH is 1. The minimum Gasteiger partial charge on any atom is -0.384 e. The third-order valence-electron chi connectivity index (χ3n) is 6.69. The minimum absolute atomic E-state index is 0.304. The topological polar surface area (TPSA) is 77.1 Å². The Morgan fingerprint density at radius 2 is 1.38 bits per heavy atom. The molecule has 6 rings (SSSR count). The number of benzene rings is 3. The third-order valence-corrected chi connectivity index (χ3v) is 6.69. The van der Waals surface area contributed by atoms with Gasteiger partial charge < -0.3 is 5.11 Å². The first-order valence-electron chi connectivity index (χ1n) is 11.0. The summed E-state index contributed by atoms with van der Waals surface area (Å²) in [6.07, 6.45) is -0.922. The van der Waals surface area contributed by atoms with Crippen LogP contribution in [0.2, 0.25) is 0 Å². The molecule has 6 heteroatoms. The van der Waals surface area contributed by atoms with Crippen LogP contribution in [-0.4, -0.2) is 19.2 Å². The van der Waals surface area contributed by atoms with E-state index in [1.165, 1.54) is 11.6 Å². The molecular weight excluding hydrogens is 426 g/mol.